The van der Waals surface area contributed by atoms with Crippen LogP contribution in [-0.4, -0.2) is 12.6 Å². The van der Waals surface area contributed by atoms with Crippen molar-refractivity contribution >= 4 is 5.97 Å². The van der Waals surface area contributed by atoms with Crippen LogP contribution in [0.2, 0.25) is 0 Å². The van der Waals surface area contributed by atoms with Crippen LogP contribution in [0.5, 0.6) is 0 Å². The normalized spacial score (nSPS) is 10.0. The Morgan fingerprint density at radius 1 is 1.47 bits per heavy atom. The maximum Gasteiger partial charge on any atom is 0.306 e. The average molecular weight is 210 g/mol. The van der Waals surface area contributed by atoms with Gasteiger partial charge in [0.15, 0.2) is 0 Å². The Labute approximate surface area is 89.1 Å². The summed E-state index contributed by atoms with van der Waals surface area (Å²) >= 11 is 0. The first-order valence-corrected chi connectivity index (χ1v) is 5.12. The molecule has 0 aliphatic rings. The molecule has 0 radical (unpaired) electrons. The molecule has 15 heavy (non-hydrogen) atoms. The molecule has 0 unspecified atom stereocenters. The van der Waals surface area contributed by atoms with Crippen LogP contribution in [0, 0.1) is 5.82 Å². The highest BCUT2D eigenvalue weighted by molar-refractivity contribution is 5.69. The number of halogens is 1. The van der Waals surface area contributed by atoms with E-state index in [1.807, 2.05) is 6.92 Å². The van der Waals surface area contributed by atoms with Crippen LogP contribution in [0.3, 0.4) is 0 Å². The molecule has 0 heterocycles. The first-order chi connectivity index (χ1) is 7.22. The lowest BCUT2D eigenvalue weighted by Crippen LogP contribution is -2.06. The van der Waals surface area contributed by atoms with Gasteiger partial charge in [0, 0.05) is 6.42 Å². The standard InChI is InChI=1S/C12H15FO2/c1-2-8-15-12(14)7-6-10-4-3-5-11(13)9-10/h3-5,9H,2,6-8H2,1H3. The van der Waals surface area contributed by atoms with Gasteiger partial charge >= 0.3 is 5.97 Å². The van der Waals surface area contributed by atoms with Crippen LogP contribution in [-0.2, 0) is 16.0 Å². The molecule has 0 spiro atoms. The highest BCUT2D eigenvalue weighted by atomic mass is 19.1. The Bertz CT molecular complexity index is 323. The molecule has 1 aromatic carbocycles. The number of esters is 1. The van der Waals surface area contributed by atoms with Crippen LogP contribution in [0.1, 0.15) is 25.3 Å². The van der Waals surface area contributed by atoms with Crippen molar-refractivity contribution in [2.75, 3.05) is 6.61 Å². The zero-order valence-electron chi connectivity index (χ0n) is 8.83. The molecule has 1 aromatic rings. The molecule has 0 saturated heterocycles. The van der Waals surface area contributed by atoms with E-state index >= 15 is 0 Å². The Hall–Kier alpha value is -1.38. The summed E-state index contributed by atoms with van der Waals surface area (Å²) in [4.78, 5) is 11.1. The number of hydrogen-bond acceptors (Lipinski definition) is 2. The van der Waals surface area contributed by atoms with Crippen LogP contribution >= 0.6 is 0 Å². The van der Waals surface area contributed by atoms with E-state index in [9.17, 15) is 9.18 Å². The van der Waals surface area contributed by atoms with Crippen LogP contribution in [0.15, 0.2) is 24.3 Å². The van der Waals surface area contributed by atoms with Crippen molar-refractivity contribution in [3.8, 4) is 0 Å². The minimum absolute atomic E-state index is 0.221. The monoisotopic (exact) mass is 210 g/mol. The molecule has 0 fully saturated rings. The predicted octanol–water partition coefficient (Wildman–Crippen LogP) is 2.71. The van der Waals surface area contributed by atoms with Gasteiger partial charge in [-0.15, -0.1) is 0 Å². The number of aryl methyl sites for hydroxylation is 1. The van der Waals surface area contributed by atoms with E-state index in [2.05, 4.69) is 0 Å². The zero-order chi connectivity index (χ0) is 11.1. The highest BCUT2D eigenvalue weighted by Crippen LogP contribution is 2.06. The lowest BCUT2D eigenvalue weighted by Gasteiger charge is -2.03. The van der Waals surface area contributed by atoms with Crippen molar-refractivity contribution in [1.82, 2.24) is 0 Å². The molecule has 0 N–H and O–H groups in total. The quantitative estimate of drug-likeness (QED) is 0.698. The maximum absolute atomic E-state index is 12.8. The molecule has 1 rings (SSSR count). The summed E-state index contributed by atoms with van der Waals surface area (Å²) in [7, 11) is 0. The fraction of sp³-hybridized carbons (Fsp3) is 0.417. The smallest absolute Gasteiger partial charge is 0.306 e. The second kappa shape index (κ2) is 6.17. The molecule has 0 bridgehead atoms. The third-order valence-corrected chi connectivity index (χ3v) is 1.97. The fourth-order valence-electron chi connectivity index (χ4n) is 1.23. The second-order valence-electron chi connectivity index (χ2n) is 3.35. The Morgan fingerprint density at radius 2 is 2.27 bits per heavy atom. The van der Waals surface area contributed by atoms with Crippen molar-refractivity contribution in [2.24, 2.45) is 0 Å². The molecule has 3 heteroatoms. The first kappa shape index (κ1) is 11.7. The van der Waals surface area contributed by atoms with Gasteiger partial charge in [-0.1, -0.05) is 19.1 Å². The third-order valence-electron chi connectivity index (χ3n) is 1.97. The minimum atomic E-state index is -0.269. The van der Waals surface area contributed by atoms with Gasteiger partial charge in [-0.3, -0.25) is 4.79 Å². The Morgan fingerprint density at radius 3 is 2.93 bits per heavy atom. The van der Waals surface area contributed by atoms with Crippen molar-refractivity contribution < 1.29 is 13.9 Å². The first-order valence-electron chi connectivity index (χ1n) is 5.12. The van der Waals surface area contributed by atoms with Gasteiger partial charge in [-0.2, -0.15) is 0 Å². The van der Waals surface area contributed by atoms with E-state index in [1.54, 1.807) is 12.1 Å². The Kier molecular flexibility index (Phi) is 4.81. The lowest BCUT2D eigenvalue weighted by molar-refractivity contribution is -0.143. The molecule has 0 aromatic heterocycles. The second-order valence-corrected chi connectivity index (χ2v) is 3.35. The summed E-state index contributed by atoms with van der Waals surface area (Å²) in [5.74, 6) is -0.490. The molecular weight excluding hydrogens is 195 g/mol. The molecule has 0 atom stereocenters. The Balaban J connectivity index is 2.33. The van der Waals surface area contributed by atoms with Gasteiger partial charge in [0.1, 0.15) is 5.82 Å². The summed E-state index contributed by atoms with van der Waals surface area (Å²) in [6.07, 6.45) is 1.66. The fourth-order valence-corrected chi connectivity index (χ4v) is 1.23. The number of ether oxygens (including phenoxy) is 1. The summed E-state index contributed by atoms with van der Waals surface area (Å²) in [6, 6.07) is 6.27. The number of rotatable bonds is 5. The predicted molar refractivity (Wildman–Crippen MR) is 56.0 cm³/mol. The van der Waals surface area contributed by atoms with Gasteiger partial charge in [0.2, 0.25) is 0 Å². The van der Waals surface area contributed by atoms with Crippen LogP contribution < -0.4 is 0 Å². The van der Waals surface area contributed by atoms with E-state index in [0.717, 1.165) is 12.0 Å². The van der Waals surface area contributed by atoms with Gasteiger partial charge < -0.3 is 4.74 Å². The minimum Gasteiger partial charge on any atom is -0.466 e. The molecule has 0 saturated carbocycles. The van der Waals surface area contributed by atoms with E-state index in [1.165, 1.54) is 12.1 Å². The van der Waals surface area contributed by atoms with E-state index < -0.39 is 0 Å². The average Bonchev–Trinajstić information content (AvgIpc) is 2.23. The summed E-state index contributed by atoms with van der Waals surface area (Å²) in [5.41, 5.74) is 0.823. The van der Waals surface area contributed by atoms with Crippen LogP contribution in [0.4, 0.5) is 4.39 Å². The SMILES string of the molecule is CCCOC(=O)CCc1cccc(F)c1. The maximum atomic E-state index is 12.8. The van der Waals surface area contributed by atoms with Crippen molar-refractivity contribution in [1.29, 1.82) is 0 Å². The molecule has 2 nitrogen and oxygen atoms in total. The van der Waals surface area contributed by atoms with Crippen molar-refractivity contribution in [3.05, 3.63) is 35.6 Å². The van der Waals surface area contributed by atoms with Gasteiger partial charge in [0.05, 0.1) is 6.61 Å². The van der Waals surface area contributed by atoms with E-state index in [0.29, 0.717) is 19.4 Å². The topological polar surface area (TPSA) is 26.3 Å². The van der Waals surface area contributed by atoms with Gasteiger partial charge in [-0.25, -0.2) is 4.39 Å². The molecule has 82 valence electrons. The highest BCUT2D eigenvalue weighted by Gasteiger charge is 2.03. The zero-order valence-corrected chi connectivity index (χ0v) is 8.83. The van der Waals surface area contributed by atoms with Crippen LogP contribution in [0.25, 0.3) is 0 Å². The summed E-state index contributed by atoms with van der Waals surface area (Å²) < 4.78 is 17.7. The van der Waals surface area contributed by atoms with E-state index in [-0.39, 0.29) is 11.8 Å². The number of hydrogen-bond donors (Lipinski definition) is 0. The van der Waals surface area contributed by atoms with E-state index in [4.69, 9.17) is 4.74 Å². The van der Waals surface area contributed by atoms with Crippen molar-refractivity contribution in [3.63, 3.8) is 0 Å². The van der Waals surface area contributed by atoms with Gasteiger partial charge in [0.25, 0.3) is 0 Å². The largest absolute Gasteiger partial charge is 0.466 e. The molecule has 0 aliphatic carbocycles. The molecule has 0 aliphatic heterocycles. The molecular formula is C12H15FO2. The van der Waals surface area contributed by atoms with Gasteiger partial charge in [-0.05, 0) is 30.5 Å². The molecule has 0 amide bonds. The van der Waals surface area contributed by atoms with Crippen molar-refractivity contribution in [2.45, 2.75) is 26.2 Å². The summed E-state index contributed by atoms with van der Waals surface area (Å²) in [5, 5.41) is 0. The number of carbonyl (C=O) groups excluding carboxylic acids is 1. The summed E-state index contributed by atoms with van der Waals surface area (Å²) in [6.45, 7) is 2.40. The third kappa shape index (κ3) is 4.58. The number of benzene rings is 1. The lowest BCUT2D eigenvalue weighted by atomic mass is 10.1. The number of carbonyl (C=O) groups is 1.